The molecule has 1 unspecified atom stereocenters. The van der Waals surface area contributed by atoms with Crippen LogP contribution in [0.15, 0.2) is 18.2 Å². The molecule has 18 heavy (non-hydrogen) atoms. The van der Waals surface area contributed by atoms with Gasteiger partial charge in [0, 0.05) is 24.0 Å². The van der Waals surface area contributed by atoms with Crippen LogP contribution in [-0.2, 0) is 0 Å². The number of nitrogen functional groups attached to an aromatic ring is 1. The number of hydrogen-bond acceptors (Lipinski definition) is 3. The number of nitrogens with one attached hydrogen (secondary N) is 1. The standard InChI is InChI=1S/C15H25N3/c1-12-10-14(6-7-15(12)16)17-11-13(2)18-8-4-3-5-9-18/h6-7,10,13,17H,3-5,8-9,11,16H2,1-2H3. The molecule has 3 heteroatoms. The highest BCUT2D eigenvalue weighted by molar-refractivity contribution is 5.56. The Hall–Kier alpha value is -1.22. The van der Waals surface area contributed by atoms with Gasteiger partial charge in [-0.25, -0.2) is 0 Å². The predicted molar refractivity (Wildman–Crippen MR) is 79.0 cm³/mol. The Morgan fingerprint density at radius 2 is 2.00 bits per heavy atom. The Morgan fingerprint density at radius 1 is 1.28 bits per heavy atom. The molecule has 3 nitrogen and oxygen atoms in total. The van der Waals surface area contributed by atoms with E-state index in [0.717, 1.165) is 17.8 Å². The van der Waals surface area contributed by atoms with Crippen molar-refractivity contribution in [2.45, 2.75) is 39.2 Å². The molecule has 0 saturated carbocycles. The maximum atomic E-state index is 5.83. The molecular formula is C15H25N3. The summed E-state index contributed by atoms with van der Waals surface area (Å²) in [6.45, 7) is 7.87. The first-order valence-corrected chi connectivity index (χ1v) is 7.01. The fourth-order valence-corrected chi connectivity index (χ4v) is 2.54. The van der Waals surface area contributed by atoms with Crippen molar-refractivity contribution >= 4 is 11.4 Å². The lowest BCUT2D eigenvalue weighted by Crippen LogP contribution is -2.41. The SMILES string of the molecule is Cc1cc(NCC(C)N2CCCCC2)ccc1N. The molecule has 1 fully saturated rings. The zero-order chi connectivity index (χ0) is 13.0. The van der Waals surface area contributed by atoms with E-state index in [0.29, 0.717) is 6.04 Å². The van der Waals surface area contributed by atoms with Gasteiger partial charge in [-0.2, -0.15) is 0 Å². The van der Waals surface area contributed by atoms with E-state index in [9.17, 15) is 0 Å². The average molecular weight is 247 g/mol. The van der Waals surface area contributed by atoms with Gasteiger partial charge in [-0.15, -0.1) is 0 Å². The van der Waals surface area contributed by atoms with Gasteiger partial charge in [0.15, 0.2) is 0 Å². The normalized spacial score (nSPS) is 18.6. The Bertz CT molecular complexity index is 383. The first-order valence-electron chi connectivity index (χ1n) is 7.01. The van der Waals surface area contributed by atoms with Crippen molar-refractivity contribution in [2.75, 3.05) is 30.7 Å². The summed E-state index contributed by atoms with van der Waals surface area (Å²) >= 11 is 0. The molecule has 1 atom stereocenters. The molecule has 1 aromatic rings. The van der Waals surface area contributed by atoms with E-state index in [-0.39, 0.29) is 0 Å². The van der Waals surface area contributed by atoms with Crippen LogP contribution in [0.25, 0.3) is 0 Å². The van der Waals surface area contributed by atoms with Crippen LogP contribution in [0.5, 0.6) is 0 Å². The summed E-state index contributed by atoms with van der Waals surface area (Å²) in [5, 5.41) is 3.51. The van der Waals surface area contributed by atoms with Crippen LogP contribution in [0.4, 0.5) is 11.4 Å². The summed E-state index contributed by atoms with van der Waals surface area (Å²) in [6, 6.07) is 6.76. The van der Waals surface area contributed by atoms with E-state index < -0.39 is 0 Å². The predicted octanol–water partition coefficient (Wildman–Crippen LogP) is 2.86. The molecule has 2 rings (SSSR count). The van der Waals surface area contributed by atoms with Gasteiger partial charge < -0.3 is 11.1 Å². The molecule has 0 bridgehead atoms. The third-order valence-corrected chi connectivity index (χ3v) is 3.89. The summed E-state index contributed by atoms with van der Waals surface area (Å²) in [5.41, 5.74) is 9.01. The molecule has 0 spiro atoms. The molecule has 0 aromatic heterocycles. The van der Waals surface area contributed by atoms with Gasteiger partial charge in [-0.1, -0.05) is 6.42 Å². The number of nitrogens with two attached hydrogens (primary N) is 1. The van der Waals surface area contributed by atoms with Gasteiger partial charge in [0.2, 0.25) is 0 Å². The van der Waals surface area contributed by atoms with E-state index in [1.165, 1.54) is 38.0 Å². The van der Waals surface area contributed by atoms with Crippen molar-refractivity contribution in [3.63, 3.8) is 0 Å². The number of benzene rings is 1. The molecular weight excluding hydrogens is 222 g/mol. The van der Waals surface area contributed by atoms with Crippen LogP contribution in [0.1, 0.15) is 31.7 Å². The summed E-state index contributed by atoms with van der Waals surface area (Å²) in [6.07, 6.45) is 4.10. The summed E-state index contributed by atoms with van der Waals surface area (Å²) in [4.78, 5) is 2.58. The monoisotopic (exact) mass is 247 g/mol. The molecule has 0 amide bonds. The molecule has 100 valence electrons. The number of likely N-dealkylation sites (tertiary alicyclic amines) is 1. The molecule has 0 aliphatic carbocycles. The minimum absolute atomic E-state index is 0.600. The molecule has 0 radical (unpaired) electrons. The van der Waals surface area contributed by atoms with Crippen molar-refractivity contribution in [1.82, 2.24) is 4.90 Å². The number of piperidine rings is 1. The van der Waals surface area contributed by atoms with Gasteiger partial charge in [0.25, 0.3) is 0 Å². The lowest BCUT2D eigenvalue weighted by Gasteiger charge is -2.32. The Kier molecular flexibility index (Phi) is 4.48. The maximum Gasteiger partial charge on any atom is 0.0345 e. The van der Waals surface area contributed by atoms with Crippen molar-refractivity contribution in [1.29, 1.82) is 0 Å². The smallest absolute Gasteiger partial charge is 0.0345 e. The minimum atomic E-state index is 0.600. The van der Waals surface area contributed by atoms with E-state index in [2.05, 4.69) is 36.2 Å². The van der Waals surface area contributed by atoms with Crippen molar-refractivity contribution < 1.29 is 0 Å². The highest BCUT2D eigenvalue weighted by Gasteiger charge is 2.16. The topological polar surface area (TPSA) is 41.3 Å². The van der Waals surface area contributed by atoms with E-state index in [1.54, 1.807) is 0 Å². The first kappa shape index (κ1) is 13.2. The number of anilines is 2. The summed E-state index contributed by atoms with van der Waals surface area (Å²) in [5.74, 6) is 0. The fourth-order valence-electron chi connectivity index (χ4n) is 2.54. The Morgan fingerprint density at radius 3 is 2.67 bits per heavy atom. The van der Waals surface area contributed by atoms with Crippen LogP contribution in [-0.4, -0.2) is 30.6 Å². The minimum Gasteiger partial charge on any atom is -0.399 e. The Labute approximate surface area is 110 Å². The van der Waals surface area contributed by atoms with E-state index >= 15 is 0 Å². The van der Waals surface area contributed by atoms with Crippen molar-refractivity contribution in [3.8, 4) is 0 Å². The second-order valence-corrected chi connectivity index (χ2v) is 5.40. The van der Waals surface area contributed by atoms with Crippen LogP contribution >= 0.6 is 0 Å². The quantitative estimate of drug-likeness (QED) is 0.804. The van der Waals surface area contributed by atoms with Crippen LogP contribution < -0.4 is 11.1 Å². The largest absolute Gasteiger partial charge is 0.399 e. The first-order chi connectivity index (χ1) is 8.66. The van der Waals surface area contributed by atoms with Gasteiger partial charge in [0.1, 0.15) is 0 Å². The van der Waals surface area contributed by atoms with Crippen LogP contribution in [0.3, 0.4) is 0 Å². The molecule has 1 aromatic carbocycles. The third kappa shape index (κ3) is 3.39. The van der Waals surface area contributed by atoms with Gasteiger partial charge in [-0.3, -0.25) is 4.90 Å². The maximum absolute atomic E-state index is 5.83. The molecule has 1 aliphatic heterocycles. The van der Waals surface area contributed by atoms with Gasteiger partial charge in [-0.05, 0) is 63.5 Å². The molecule has 3 N–H and O–H groups in total. The van der Waals surface area contributed by atoms with Crippen molar-refractivity contribution in [3.05, 3.63) is 23.8 Å². The zero-order valence-corrected chi connectivity index (χ0v) is 11.6. The van der Waals surface area contributed by atoms with Crippen LogP contribution in [0.2, 0.25) is 0 Å². The van der Waals surface area contributed by atoms with Gasteiger partial charge in [0.05, 0.1) is 0 Å². The summed E-state index contributed by atoms with van der Waals surface area (Å²) in [7, 11) is 0. The summed E-state index contributed by atoms with van der Waals surface area (Å²) < 4.78 is 0. The fraction of sp³-hybridized carbons (Fsp3) is 0.600. The number of hydrogen-bond donors (Lipinski definition) is 2. The number of aryl methyl sites for hydroxylation is 1. The average Bonchev–Trinajstić information content (AvgIpc) is 2.41. The lowest BCUT2D eigenvalue weighted by atomic mass is 10.1. The third-order valence-electron chi connectivity index (χ3n) is 3.89. The Balaban J connectivity index is 1.84. The second-order valence-electron chi connectivity index (χ2n) is 5.40. The van der Waals surface area contributed by atoms with Gasteiger partial charge >= 0.3 is 0 Å². The van der Waals surface area contributed by atoms with E-state index in [1.807, 2.05) is 6.07 Å². The van der Waals surface area contributed by atoms with Crippen molar-refractivity contribution in [2.24, 2.45) is 0 Å². The second kappa shape index (κ2) is 6.10. The number of rotatable bonds is 4. The highest BCUT2D eigenvalue weighted by atomic mass is 15.2. The molecule has 1 saturated heterocycles. The zero-order valence-electron chi connectivity index (χ0n) is 11.6. The molecule has 1 heterocycles. The number of nitrogens with zero attached hydrogens (tertiary/aromatic N) is 1. The molecule has 1 aliphatic rings. The lowest BCUT2D eigenvalue weighted by molar-refractivity contribution is 0.180. The van der Waals surface area contributed by atoms with E-state index in [4.69, 9.17) is 5.73 Å². The highest BCUT2D eigenvalue weighted by Crippen LogP contribution is 2.17. The van der Waals surface area contributed by atoms with Crippen LogP contribution in [0, 0.1) is 6.92 Å².